The average Bonchev–Trinajstić information content (AvgIpc) is 3.79. The van der Waals surface area contributed by atoms with E-state index in [1.165, 1.54) is 36.4 Å². The highest BCUT2D eigenvalue weighted by Crippen LogP contribution is 2.46. The van der Waals surface area contributed by atoms with Gasteiger partial charge in [-0.15, -0.1) is 0 Å². The SMILES string of the molecule is O=C1OC(O)(c2ccc3nsnc3c2)C(Cc2ccc([N+](=O)[O-])cc2)=C1c1ccc2c(c1)OCO2.O=Cc1ccc([N+](=O)[O-])cc1. The fourth-order valence-electron chi connectivity index (χ4n) is 4.93. The summed E-state index contributed by atoms with van der Waals surface area (Å²) in [7, 11) is 0. The van der Waals surface area contributed by atoms with Crippen molar-refractivity contribution in [2.24, 2.45) is 0 Å². The van der Waals surface area contributed by atoms with Crippen LogP contribution in [0.4, 0.5) is 11.4 Å². The van der Waals surface area contributed by atoms with Crippen LogP contribution in [-0.2, 0) is 21.7 Å². The molecule has 1 atom stereocenters. The maximum absolute atomic E-state index is 13.2. The maximum Gasteiger partial charge on any atom is 0.342 e. The van der Waals surface area contributed by atoms with Gasteiger partial charge >= 0.3 is 5.97 Å². The molecule has 2 aliphatic heterocycles. The second-order valence-corrected chi connectivity index (χ2v) is 10.5. The molecule has 14 nitrogen and oxygen atoms in total. The van der Waals surface area contributed by atoms with Crippen LogP contribution in [-0.4, -0.2) is 42.7 Å². The third-order valence-corrected chi connectivity index (χ3v) is 7.79. The number of cyclic esters (lactones) is 1. The molecule has 1 N–H and O–H groups in total. The summed E-state index contributed by atoms with van der Waals surface area (Å²) >= 11 is 1.04. The Hall–Kier alpha value is -6.06. The number of nitrogens with zero attached hydrogens (tertiary/aromatic N) is 4. The summed E-state index contributed by atoms with van der Waals surface area (Å²) in [6, 6.07) is 21.3. The predicted molar refractivity (Wildman–Crippen MR) is 162 cm³/mol. The molecule has 3 heterocycles. The van der Waals surface area contributed by atoms with Crippen molar-refractivity contribution in [3.05, 3.63) is 133 Å². The van der Waals surface area contributed by atoms with Crippen LogP contribution >= 0.6 is 11.7 Å². The molecule has 15 heteroatoms. The number of aldehydes is 1. The number of aromatic nitrogens is 2. The number of benzene rings is 4. The number of hydrogen-bond acceptors (Lipinski definition) is 13. The molecule has 0 saturated carbocycles. The van der Waals surface area contributed by atoms with Crippen molar-refractivity contribution < 1.29 is 38.8 Å². The number of rotatable bonds is 7. The Morgan fingerprint density at radius 3 is 2.17 bits per heavy atom. The second kappa shape index (κ2) is 12.1. The first-order valence-electron chi connectivity index (χ1n) is 13.4. The van der Waals surface area contributed by atoms with Crippen LogP contribution < -0.4 is 9.47 Å². The van der Waals surface area contributed by atoms with Gasteiger partial charge in [-0.25, -0.2) is 4.79 Å². The summed E-state index contributed by atoms with van der Waals surface area (Å²) in [6.07, 6.45) is 0.737. The molecule has 0 radical (unpaired) electrons. The lowest BCUT2D eigenvalue weighted by Gasteiger charge is -2.25. The summed E-state index contributed by atoms with van der Waals surface area (Å²) in [6.45, 7) is 0.0730. The average molecular weight is 641 g/mol. The first-order chi connectivity index (χ1) is 22.2. The zero-order valence-electron chi connectivity index (χ0n) is 23.4. The fourth-order valence-corrected chi connectivity index (χ4v) is 5.45. The predicted octanol–water partition coefficient (Wildman–Crippen LogP) is 5.13. The number of esters is 1. The Kier molecular flexibility index (Phi) is 7.92. The number of ether oxygens (including phenoxy) is 3. The minimum absolute atomic E-state index is 0.00407. The van der Waals surface area contributed by atoms with Gasteiger partial charge in [-0.05, 0) is 53.6 Å². The number of carbonyl (C=O) groups is 2. The lowest BCUT2D eigenvalue weighted by atomic mass is 9.88. The van der Waals surface area contributed by atoms with Gasteiger partial charge in [-0.1, -0.05) is 18.2 Å². The number of aliphatic hydroxyl groups is 1. The highest BCUT2D eigenvalue weighted by molar-refractivity contribution is 7.00. The number of fused-ring (bicyclic) bond motifs is 2. The maximum atomic E-state index is 13.2. The van der Waals surface area contributed by atoms with E-state index in [0.717, 1.165) is 11.7 Å². The molecule has 0 spiro atoms. The molecule has 0 saturated heterocycles. The standard InChI is InChI=1S/C24H15N3O7S.C7H5NO3/c28-23-22(14-3-8-20-21(10-14)33-12-32-20)17(9-13-1-5-16(6-2-13)27(30)31)24(29,34-23)15-4-7-18-19(11-15)26-35-25-18;9-5-6-1-3-7(4-2-6)8(10)11/h1-8,10-11,29H,9,12H2;1-5H. The quantitative estimate of drug-likeness (QED) is 0.107. The monoisotopic (exact) mass is 640 g/mol. The van der Waals surface area contributed by atoms with E-state index in [-0.39, 0.29) is 35.7 Å². The van der Waals surface area contributed by atoms with E-state index in [1.54, 1.807) is 48.5 Å². The molecular weight excluding hydrogens is 620 g/mol. The van der Waals surface area contributed by atoms with Crippen LogP contribution in [0, 0.1) is 20.2 Å². The third kappa shape index (κ3) is 5.74. The van der Waals surface area contributed by atoms with Crippen LogP contribution in [0.15, 0.2) is 90.5 Å². The minimum atomic E-state index is -2.08. The molecule has 230 valence electrons. The van der Waals surface area contributed by atoms with Crippen molar-refractivity contribution in [2.45, 2.75) is 12.2 Å². The van der Waals surface area contributed by atoms with E-state index >= 15 is 0 Å². The van der Waals surface area contributed by atoms with E-state index in [4.69, 9.17) is 14.2 Å². The third-order valence-electron chi connectivity index (χ3n) is 7.23. The Morgan fingerprint density at radius 1 is 0.848 bits per heavy atom. The molecule has 1 unspecified atom stereocenters. The smallest absolute Gasteiger partial charge is 0.342 e. The molecule has 0 amide bonds. The topological polar surface area (TPSA) is 194 Å². The number of carbonyl (C=O) groups excluding carboxylic acids is 2. The first-order valence-corrected chi connectivity index (χ1v) is 14.1. The number of nitro groups is 2. The van der Waals surface area contributed by atoms with Crippen LogP contribution in [0.1, 0.15) is 27.0 Å². The molecule has 0 aliphatic carbocycles. The summed E-state index contributed by atoms with van der Waals surface area (Å²) in [5.41, 5.74) is 3.52. The van der Waals surface area contributed by atoms with Gasteiger partial charge in [0.15, 0.2) is 11.5 Å². The lowest BCUT2D eigenvalue weighted by molar-refractivity contribution is -0.385. The van der Waals surface area contributed by atoms with Crippen LogP contribution in [0.2, 0.25) is 0 Å². The van der Waals surface area contributed by atoms with Gasteiger partial charge in [0.05, 0.1) is 27.1 Å². The second-order valence-electron chi connectivity index (χ2n) is 9.99. The molecular formula is C31H20N4O10S. The van der Waals surface area contributed by atoms with Gasteiger partial charge in [0.25, 0.3) is 17.2 Å². The largest absolute Gasteiger partial charge is 0.454 e. The van der Waals surface area contributed by atoms with Crippen molar-refractivity contribution in [1.82, 2.24) is 8.75 Å². The zero-order valence-corrected chi connectivity index (χ0v) is 24.2. The van der Waals surface area contributed by atoms with Gasteiger partial charge in [-0.2, -0.15) is 8.75 Å². The molecule has 2 aliphatic rings. The van der Waals surface area contributed by atoms with Gasteiger partial charge < -0.3 is 19.3 Å². The highest BCUT2D eigenvalue weighted by atomic mass is 32.1. The number of nitro benzene ring substituents is 2. The summed E-state index contributed by atoms with van der Waals surface area (Å²) in [5, 5.41) is 33.0. The Balaban J connectivity index is 0.000000288. The minimum Gasteiger partial charge on any atom is -0.454 e. The van der Waals surface area contributed by atoms with Crippen LogP contribution in [0.3, 0.4) is 0 Å². The molecule has 5 aromatic rings. The van der Waals surface area contributed by atoms with Crippen molar-refractivity contribution >= 4 is 52.0 Å². The van der Waals surface area contributed by atoms with Crippen LogP contribution in [0.25, 0.3) is 16.6 Å². The normalized spacial score (nSPS) is 16.5. The van der Waals surface area contributed by atoms with E-state index in [0.29, 0.717) is 51.1 Å². The summed E-state index contributed by atoms with van der Waals surface area (Å²) in [5.74, 6) is -1.76. The molecule has 4 aromatic carbocycles. The number of non-ortho nitro benzene ring substituents is 2. The van der Waals surface area contributed by atoms with Crippen molar-refractivity contribution in [3.8, 4) is 11.5 Å². The van der Waals surface area contributed by atoms with Crippen molar-refractivity contribution in [3.63, 3.8) is 0 Å². The number of hydrogen-bond donors (Lipinski definition) is 1. The Bertz CT molecular complexity index is 2040. The molecule has 46 heavy (non-hydrogen) atoms. The van der Waals surface area contributed by atoms with Crippen molar-refractivity contribution in [1.29, 1.82) is 0 Å². The van der Waals surface area contributed by atoms with E-state index in [9.17, 15) is 34.9 Å². The molecule has 0 fully saturated rings. The Labute approximate surface area is 262 Å². The molecule has 7 rings (SSSR count). The Morgan fingerprint density at radius 2 is 1.50 bits per heavy atom. The van der Waals surface area contributed by atoms with Gasteiger partial charge in [0.1, 0.15) is 17.3 Å². The van der Waals surface area contributed by atoms with Gasteiger partial charge in [0.2, 0.25) is 6.79 Å². The molecule has 1 aromatic heterocycles. The highest BCUT2D eigenvalue weighted by Gasteiger charge is 2.48. The van der Waals surface area contributed by atoms with Crippen molar-refractivity contribution in [2.75, 3.05) is 6.79 Å². The summed E-state index contributed by atoms with van der Waals surface area (Å²) < 4.78 is 24.8. The molecule has 0 bridgehead atoms. The lowest BCUT2D eigenvalue weighted by Crippen LogP contribution is -2.29. The fraction of sp³-hybridized carbons (Fsp3) is 0.0968. The zero-order chi connectivity index (χ0) is 32.4. The summed E-state index contributed by atoms with van der Waals surface area (Å²) in [4.78, 5) is 43.5. The van der Waals surface area contributed by atoms with E-state index in [2.05, 4.69) is 8.75 Å². The van der Waals surface area contributed by atoms with E-state index in [1.807, 2.05) is 0 Å². The van der Waals surface area contributed by atoms with Gasteiger partial charge in [0, 0.05) is 47.4 Å². The van der Waals surface area contributed by atoms with Gasteiger partial charge in [-0.3, -0.25) is 25.0 Å². The first kappa shape index (κ1) is 30.0. The van der Waals surface area contributed by atoms with E-state index < -0.39 is 21.6 Å². The van der Waals surface area contributed by atoms with Crippen LogP contribution in [0.5, 0.6) is 11.5 Å².